The molecule has 140 valence electrons. The number of hydrogen-bond acceptors (Lipinski definition) is 5. The molecular formula is C16H19F2N5O3. The van der Waals surface area contributed by atoms with Crippen LogP contribution in [0.2, 0.25) is 0 Å². The molecule has 2 amide bonds. The summed E-state index contributed by atoms with van der Waals surface area (Å²) in [4.78, 5) is 26.8. The van der Waals surface area contributed by atoms with Gasteiger partial charge >= 0.3 is 0 Å². The summed E-state index contributed by atoms with van der Waals surface area (Å²) in [6.07, 6.45) is 0.174. The molecule has 4 N–H and O–H groups in total. The van der Waals surface area contributed by atoms with Gasteiger partial charge in [0.15, 0.2) is 17.5 Å². The number of nitrogens with zero attached hydrogens (tertiary/aromatic N) is 3. The highest BCUT2D eigenvalue weighted by atomic mass is 19.2. The van der Waals surface area contributed by atoms with Gasteiger partial charge in [-0.05, 0) is 24.6 Å². The summed E-state index contributed by atoms with van der Waals surface area (Å²) < 4.78 is 27.9. The summed E-state index contributed by atoms with van der Waals surface area (Å²) in [5.41, 5.74) is 5.40. The zero-order chi connectivity index (χ0) is 19.3. The Kier molecular flexibility index (Phi) is 6.34. The number of primary amides is 1. The summed E-state index contributed by atoms with van der Waals surface area (Å²) in [5.74, 6) is -2.57. The number of amides is 2. The molecule has 26 heavy (non-hydrogen) atoms. The van der Waals surface area contributed by atoms with E-state index in [1.807, 2.05) is 0 Å². The van der Waals surface area contributed by atoms with Crippen LogP contribution in [-0.4, -0.2) is 38.3 Å². The monoisotopic (exact) mass is 367 g/mol. The van der Waals surface area contributed by atoms with Gasteiger partial charge in [-0.2, -0.15) is 5.10 Å². The maximum Gasteiger partial charge on any atom is 0.217 e. The van der Waals surface area contributed by atoms with E-state index in [1.165, 1.54) is 17.7 Å². The number of nitrogens with one attached hydrogen (secondary N) is 1. The van der Waals surface area contributed by atoms with Gasteiger partial charge in [-0.25, -0.2) is 18.4 Å². The fourth-order valence-corrected chi connectivity index (χ4v) is 2.43. The SMILES string of the molecule is CC(=O)N[C@@H](CCC(N)=O)c1nc(-c2ccc(F)c(F)c2)nn1CCO. The quantitative estimate of drug-likeness (QED) is 0.632. The Morgan fingerprint density at radius 2 is 2.08 bits per heavy atom. The lowest BCUT2D eigenvalue weighted by molar-refractivity contribution is -0.121. The maximum atomic E-state index is 13.5. The zero-order valence-corrected chi connectivity index (χ0v) is 14.1. The molecule has 0 saturated heterocycles. The highest BCUT2D eigenvalue weighted by molar-refractivity contribution is 5.75. The van der Waals surface area contributed by atoms with Crippen LogP contribution in [0.25, 0.3) is 11.4 Å². The van der Waals surface area contributed by atoms with Crippen molar-refractivity contribution >= 4 is 11.8 Å². The van der Waals surface area contributed by atoms with Gasteiger partial charge in [0, 0.05) is 18.9 Å². The second kappa shape index (κ2) is 8.48. The van der Waals surface area contributed by atoms with Gasteiger partial charge in [0.05, 0.1) is 19.2 Å². The van der Waals surface area contributed by atoms with Gasteiger partial charge in [-0.1, -0.05) is 0 Å². The van der Waals surface area contributed by atoms with Crippen LogP contribution in [0.15, 0.2) is 18.2 Å². The third-order valence-electron chi connectivity index (χ3n) is 3.56. The summed E-state index contributed by atoms with van der Waals surface area (Å²) in [6, 6.07) is 2.54. The Labute approximate surface area is 148 Å². The summed E-state index contributed by atoms with van der Waals surface area (Å²) in [7, 11) is 0. The van der Waals surface area contributed by atoms with E-state index in [1.54, 1.807) is 0 Å². The van der Waals surface area contributed by atoms with Gasteiger partial charge in [-0.3, -0.25) is 9.59 Å². The number of halogens is 2. The number of hydrogen-bond donors (Lipinski definition) is 3. The molecule has 2 aromatic rings. The van der Waals surface area contributed by atoms with E-state index < -0.39 is 23.6 Å². The van der Waals surface area contributed by atoms with Crippen molar-refractivity contribution in [1.82, 2.24) is 20.1 Å². The third kappa shape index (κ3) is 4.82. The maximum absolute atomic E-state index is 13.5. The van der Waals surface area contributed by atoms with E-state index in [0.29, 0.717) is 0 Å². The predicted octanol–water partition coefficient (Wildman–Crippen LogP) is 0.658. The number of rotatable bonds is 8. The van der Waals surface area contributed by atoms with E-state index in [9.17, 15) is 23.5 Å². The minimum absolute atomic E-state index is 0.00254. The number of aromatic nitrogens is 3. The molecule has 0 saturated carbocycles. The predicted molar refractivity (Wildman–Crippen MR) is 87.4 cm³/mol. The Hall–Kier alpha value is -2.88. The average Bonchev–Trinajstić information content (AvgIpc) is 2.98. The first-order valence-electron chi connectivity index (χ1n) is 7.88. The van der Waals surface area contributed by atoms with Crippen LogP contribution in [0, 0.1) is 11.6 Å². The minimum Gasteiger partial charge on any atom is -0.394 e. The van der Waals surface area contributed by atoms with Crippen molar-refractivity contribution in [3.63, 3.8) is 0 Å². The molecule has 0 unspecified atom stereocenters. The van der Waals surface area contributed by atoms with Gasteiger partial charge in [-0.15, -0.1) is 0 Å². The molecular weight excluding hydrogens is 348 g/mol. The van der Waals surface area contributed by atoms with Crippen molar-refractivity contribution in [2.45, 2.75) is 32.4 Å². The van der Waals surface area contributed by atoms with Crippen molar-refractivity contribution in [3.8, 4) is 11.4 Å². The van der Waals surface area contributed by atoms with Crippen LogP contribution in [0.5, 0.6) is 0 Å². The van der Waals surface area contributed by atoms with Crippen molar-refractivity contribution < 1.29 is 23.5 Å². The van der Waals surface area contributed by atoms with Gasteiger partial charge in [0.25, 0.3) is 0 Å². The van der Waals surface area contributed by atoms with E-state index in [0.717, 1.165) is 12.1 Å². The number of carbonyl (C=O) groups excluding carboxylic acids is 2. The van der Waals surface area contributed by atoms with Gasteiger partial charge < -0.3 is 16.2 Å². The Bertz CT molecular complexity index is 809. The average molecular weight is 367 g/mol. The molecule has 1 aromatic heterocycles. The second-order valence-electron chi connectivity index (χ2n) is 5.63. The van der Waals surface area contributed by atoms with Crippen molar-refractivity contribution in [1.29, 1.82) is 0 Å². The molecule has 0 aliphatic carbocycles. The van der Waals surface area contributed by atoms with Crippen LogP contribution >= 0.6 is 0 Å². The highest BCUT2D eigenvalue weighted by Gasteiger charge is 2.22. The lowest BCUT2D eigenvalue weighted by Gasteiger charge is -2.17. The smallest absolute Gasteiger partial charge is 0.217 e. The molecule has 1 heterocycles. The number of benzene rings is 1. The Morgan fingerprint density at radius 3 is 2.65 bits per heavy atom. The summed E-state index contributed by atoms with van der Waals surface area (Å²) in [5, 5.41) is 16.1. The summed E-state index contributed by atoms with van der Waals surface area (Å²) >= 11 is 0. The molecule has 0 fully saturated rings. The van der Waals surface area contributed by atoms with Gasteiger partial charge in [0.1, 0.15) is 5.82 Å². The zero-order valence-electron chi connectivity index (χ0n) is 14.1. The van der Waals surface area contributed by atoms with E-state index >= 15 is 0 Å². The lowest BCUT2D eigenvalue weighted by Crippen LogP contribution is -2.30. The van der Waals surface area contributed by atoms with Crippen molar-refractivity contribution in [3.05, 3.63) is 35.7 Å². The topological polar surface area (TPSA) is 123 Å². The standard InChI is InChI=1S/C16H19F2N5O3/c1-9(25)20-13(4-5-14(19)26)16-21-15(22-23(16)6-7-24)10-2-3-11(17)12(18)8-10/h2-3,8,13,24H,4-7H2,1H3,(H2,19,26)(H,20,25)/t13-/m0/s1. The molecule has 0 aliphatic heterocycles. The number of carbonyl (C=O) groups is 2. The van der Waals surface area contributed by atoms with E-state index in [-0.39, 0.29) is 49.1 Å². The molecule has 10 heteroatoms. The minimum atomic E-state index is -1.05. The van der Waals surface area contributed by atoms with E-state index in [2.05, 4.69) is 15.4 Å². The van der Waals surface area contributed by atoms with Crippen LogP contribution < -0.4 is 11.1 Å². The van der Waals surface area contributed by atoms with Gasteiger partial charge in [0.2, 0.25) is 11.8 Å². The molecule has 0 bridgehead atoms. The molecule has 0 spiro atoms. The molecule has 2 rings (SSSR count). The van der Waals surface area contributed by atoms with Crippen LogP contribution in [0.3, 0.4) is 0 Å². The number of nitrogens with two attached hydrogens (primary N) is 1. The fraction of sp³-hybridized carbons (Fsp3) is 0.375. The Morgan fingerprint density at radius 1 is 1.35 bits per heavy atom. The first-order valence-corrected chi connectivity index (χ1v) is 7.88. The first kappa shape index (κ1) is 19.4. The molecule has 1 aromatic carbocycles. The normalized spacial score (nSPS) is 12.0. The number of aliphatic hydroxyl groups excluding tert-OH is 1. The van der Waals surface area contributed by atoms with Crippen molar-refractivity contribution in [2.75, 3.05) is 6.61 Å². The summed E-state index contributed by atoms with van der Waals surface area (Å²) in [6.45, 7) is 1.12. The lowest BCUT2D eigenvalue weighted by atomic mass is 10.1. The Balaban J connectivity index is 2.43. The first-order chi connectivity index (χ1) is 12.3. The highest BCUT2D eigenvalue weighted by Crippen LogP contribution is 2.23. The second-order valence-corrected chi connectivity index (χ2v) is 5.63. The van der Waals surface area contributed by atoms with Crippen LogP contribution in [0.4, 0.5) is 8.78 Å². The van der Waals surface area contributed by atoms with Crippen LogP contribution in [-0.2, 0) is 16.1 Å². The van der Waals surface area contributed by atoms with E-state index in [4.69, 9.17) is 5.73 Å². The third-order valence-corrected chi connectivity index (χ3v) is 3.56. The molecule has 1 atom stereocenters. The number of aliphatic hydroxyl groups is 1. The largest absolute Gasteiger partial charge is 0.394 e. The van der Waals surface area contributed by atoms with Crippen LogP contribution in [0.1, 0.15) is 31.6 Å². The fourth-order valence-electron chi connectivity index (χ4n) is 2.43. The molecule has 0 aliphatic rings. The molecule has 8 nitrogen and oxygen atoms in total. The molecule has 0 radical (unpaired) electrons. The van der Waals surface area contributed by atoms with Crippen molar-refractivity contribution in [2.24, 2.45) is 5.73 Å².